The molecule has 0 bridgehead atoms. The summed E-state index contributed by atoms with van der Waals surface area (Å²) < 4.78 is 32.2. The highest BCUT2D eigenvalue weighted by Gasteiger charge is 2.31. The Morgan fingerprint density at radius 2 is 2.05 bits per heavy atom. The minimum atomic E-state index is -0.657. The van der Waals surface area contributed by atoms with Gasteiger partial charge in [0.2, 0.25) is 0 Å². The molecule has 0 saturated heterocycles. The summed E-state index contributed by atoms with van der Waals surface area (Å²) in [6.45, 7) is 0.0706. The molecule has 0 aliphatic carbocycles. The quantitative estimate of drug-likeness (QED) is 0.872. The van der Waals surface area contributed by atoms with Gasteiger partial charge in [0.25, 0.3) is 5.91 Å². The molecule has 0 N–H and O–H groups in total. The van der Waals surface area contributed by atoms with Gasteiger partial charge in [0.15, 0.2) is 6.10 Å². The van der Waals surface area contributed by atoms with E-state index >= 15 is 0 Å². The lowest BCUT2D eigenvalue weighted by molar-refractivity contribution is -0.137. The van der Waals surface area contributed by atoms with Gasteiger partial charge in [-0.25, -0.2) is 8.78 Å². The number of para-hydroxylation sites is 1. The second kappa shape index (κ2) is 5.75. The number of carbonyl (C=O) groups is 1. The third kappa shape index (κ3) is 2.79. The van der Waals surface area contributed by atoms with Gasteiger partial charge >= 0.3 is 0 Å². The minimum absolute atomic E-state index is 0.0706. The van der Waals surface area contributed by atoms with E-state index in [2.05, 4.69) is 0 Å². The van der Waals surface area contributed by atoms with Crippen LogP contribution in [0.25, 0.3) is 0 Å². The molecule has 1 unspecified atom stereocenters. The van der Waals surface area contributed by atoms with Crippen LogP contribution < -0.4 is 4.74 Å². The Morgan fingerprint density at radius 1 is 1.27 bits per heavy atom. The van der Waals surface area contributed by atoms with Crippen LogP contribution in [-0.2, 0) is 17.8 Å². The maximum atomic E-state index is 13.7. The predicted octanol–water partition coefficient (Wildman–Crippen LogP) is 2.93. The molecule has 1 heterocycles. The lowest BCUT2D eigenvalue weighted by atomic mass is 10.1. The van der Waals surface area contributed by atoms with Gasteiger partial charge in [-0.05, 0) is 17.7 Å². The van der Waals surface area contributed by atoms with Gasteiger partial charge in [-0.2, -0.15) is 0 Å². The molecule has 114 valence electrons. The SMILES string of the molecule is CN(Cc1ccc(F)cc1F)C(=O)C1Cc2ccccc2O1. The summed E-state index contributed by atoms with van der Waals surface area (Å²) >= 11 is 0. The summed E-state index contributed by atoms with van der Waals surface area (Å²) in [4.78, 5) is 13.8. The second-order valence-corrected chi connectivity index (χ2v) is 5.35. The molecule has 0 fully saturated rings. The first-order valence-corrected chi connectivity index (χ1v) is 6.98. The predicted molar refractivity (Wildman–Crippen MR) is 77.4 cm³/mol. The lowest BCUT2D eigenvalue weighted by Crippen LogP contribution is -2.38. The molecule has 3 nitrogen and oxygen atoms in total. The fourth-order valence-corrected chi connectivity index (χ4v) is 2.55. The summed E-state index contributed by atoms with van der Waals surface area (Å²) in [5, 5.41) is 0. The number of nitrogens with zero attached hydrogens (tertiary/aromatic N) is 1. The Bertz CT molecular complexity index is 693. The van der Waals surface area contributed by atoms with Gasteiger partial charge < -0.3 is 9.64 Å². The number of hydrogen-bond acceptors (Lipinski definition) is 2. The fourth-order valence-electron chi connectivity index (χ4n) is 2.55. The largest absolute Gasteiger partial charge is 0.480 e. The number of rotatable bonds is 3. The van der Waals surface area contributed by atoms with Gasteiger partial charge in [0.05, 0.1) is 0 Å². The van der Waals surface area contributed by atoms with Crippen molar-refractivity contribution in [2.75, 3.05) is 7.05 Å². The standard InChI is InChI=1S/C17H15F2NO2/c1-20(10-12-6-7-13(18)9-14(12)19)17(21)16-8-11-4-2-3-5-15(11)22-16/h2-7,9,16H,8,10H2,1H3. The van der Waals surface area contributed by atoms with E-state index in [1.165, 1.54) is 17.0 Å². The van der Waals surface area contributed by atoms with E-state index in [9.17, 15) is 13.6 Å². The fraction of sp³-hybridized carbons (Fsp3) is 0.235. The Kier molecular flexibility index (Phi) is 3.79. The van der Waals surface area contributed by atoms with Crippen LogP contribution in [0.5, 0.6) is 5.75 Å². The van der Waals surface area contributed by atoms with Gasteiger partial charge in [-0.1, -0.05) is 24.3 Å². The first-order chi connectivity index (χ1) is 10.5. The zero-order valence-corrected chi connectivity index (χ0v) is 12.1. The number of fused-ring (bicyclic) bond motifs is 1. The Morgan fingerprint density at radius 3 is 2.77 bits per heavy atom. The van der Waals surface area contributed by atoms with E-state index in [0.29, 0.717) is 12.2 Å². The highest BCUT2D eigenvalue weighted by atomic mass is 19.1. The van der Waals surface area contributed by atoms with E-state index in [4.69, 9.17) is 4.74 Å². The van der Waals surface area contributed by atoms with Crippen LogP contribution in [0.1, 0.15) is 11.1 Å². The average Bonchev–Trinajstić information content (AvgIpc) is 2.93. The molecule has 2 aromatic carbocycles. The zero-order valence-electron chi connectivity index (χ0n) is 12.1. The molecule has 2 aromatic rings. The topological polar surface area (TPSA) is 29.5 Å². The number of benzene rings is 2. The highest BCUT2D eigenvalue weighted by Crippen LogP contribution is 2.29. The van der Waals surface area contributed by atoms with Crippen LogP contribution in [0.15, 0.2) is 42.5 Å². The van der Waals surface area contributed by atoms with E-state index < -0.39 is 17.7 Å². The van der Waals surface area contributed by atoms with Crippen molar-refractivity contribution in [3.63, 3.8) is 0 Å². The van der Waals surface area contributed by atoms with Gasteiger partial charge in [0, 0.05) is 31.6 Å². The second-order valence-electron chi connectivity index (χ2n) is 5.35. The summed E-state index contributed by atoms with van der Waals surface area (Å²) in [6.07, 6.45) is -0.0865. The summed E-state index contributed by atoms with van der Waals surface area (Å²) in [5.41, 5.74) is 1.26. The Labute approximate surface area is 127 Å². The number of likely N-dealkylation sites (N-methyl/N-ethyl adjacent to an activating group) is 1. The normalized spacial score (nSPS) is 16.0. The molecule has 22 heavy (non-hydrogen) atoms. The maximum absolute atomic E-state index is 13.7. The van der Waals surface area contributed by atoms with Crippen LogP contribution in [-0.4, -0.2) is 24.0 Å². The van der Waals surface area contributed by atoms with Crippen LogP contribution in [0.2, 0.25) is 0 Å². The molecule has 3 rings (SSSR count). The third-order valence-electron chi connectivity index (χ3n) is 3.72. The average molecular weight is 303 g/mol. The minimum Gasteiger partial charge on any atom is -0.480 e. The van der Waals surface area contributed by atoms with Gasteiger partial charge in [0.1, 0.15) is 17.4 Å². The molecular weight excluding hydrogens is 288 g/mol. The summed E-state index contributed by atoms with van der Waals surface area (Å²) in [7, 11) is 1.58. The Hall–Kier alpha value is -2.43. The smallest absolute Gasteiger partial charge is 0.264 e. The molecule has 5 heteroatoms. The molecule has 0 radical (unpaired) electrons. The number of amides is 1. The van der Waals surface area contributed by atoms with Gasteiger partial charge in [-0.15, -0.1) is 0 Å². The van der Waals surface area contributed by atoms with E-state index in [1.54, 1.807) is 7.05 Å². The molecule has 0 saturated carbocycles. The molecule has 1 atom stereocenters. The van der Waals surface area contributed by atoms with Crippen LogP contribution in [0, 0.1) is 11.6 Å². The highest BCUT2D eigenvalue weighted by molar-refractivity contribution is 5.82. The van der Waals surface area contributed by atoms with Crippen molar-refractivity contribution in [1.82, 2.24) is 4.90 Å². The van der Waals surface area contributed by atoms with Crippen molar-refractivity contribution in [2.45, 2.75) is 19.1 Å². The lowest BCUT2D eigenvalue weighted by Gasteiger charge is -2.21. The third-order valence-corrected chi connectivity index (χ3v) is 3.72. The number of carbonyl (C=O) groups excluding carboxylic acids is 1. The number of halogens is 2. The van der Waals surface area contributed by atoms with E-state index in [1.807, 2.05) is 24.3 Å². The van der Waals surface area contributed by atoms with Gasteiger partial charge in [-0.3, -0.25) is 4.79 Å². The van der Waals surface area contributed by atoms with Crippen molar-refractivity contribution in [1.29, 1.82) is 0 Å². The Balaban J connectivity index is 1.68. The van der Waals surface area contributed by atoms with Crippen LogP contribution in [0.4, 0.5) is 8.78 Å². The zero-order chi connectivity index (χ0) is 15.7. The van der Waals surface area contributed by atoms with Crippen molar-refractivity contribution >= 4 is 5.91 Å². The van der Waals surface area contributed by atoms with Crippen LogP contribution >= 0.6 is 0 Å². The molecule has 0 aromatic heterocycles. The molecule has 1 amide bonds. The van der Waals surface area contributed by atoms with Crippen molar-refractivity contribution in [3.8, 4) is 5.75 Å². The summed E-state index contributed by atoms with van der Waals surface area (Å²) in [6, 6.07) is 10.8. The first kappa shape index (κ1) is 14.5. The molecule has 0 spiro atoms. The monoisotopic (exact) mass is 303 g/mol. The number of hydrogen-bond donors (Lipinski definition) is 0. The summed E-state index contributed by atoms with van der Waals surface area (Å²) in [5.74, 6) is -0.804. The van der Waals surface area contributed by atoms with E-state index in [0.717, 1.165) is 11.6 Å². The molecular formula is C17H15F2NO2. The number of ether oxygens (including phenoxy) is 1. The molecule has 1 aliphatic heterocycles. The van der Waals surface area contributed by atoms with Crippen molar-refractivity contribution in [2.24, 2.45) is 0 Å². The maximum Gasteiger partial charge on any atom is 0.264 e. The van der Waals surface area contributed by atoms with Crippen molar-refractivity contribution < 1.29 is 18.3 Å². The first-order valence-electron chi connectivity index (χ1n) is 6.98. The van der Waals surface area contributed by atoms with E-state index in [-0.39, 0.29) is 18.0 Å². The van der Waals surface area contributed by atoms with Crippen molar-refractivity contribution in [3.05, 3.63) is 65.2 Å². The molecule has 1 aliphatic rings. The van der Waals surface area contributed by atoms with Crippen LogP contribution in [0.3, 0.4) is 0 Å².